The summed E-state index contributed by atoms with van der Waals surface area (Å²) in [6.07, 6.45) is 1.39. The van der Waals surface area contributed by atoms with Gasteiger partial charge in [-0.05, 0) is 24.6 Å². The van der Waals surface area contributed by atoms with Gasteiger partial charge >= 0.3 is 0 Å². The molecule has 1 aliphatic heterocycles. The molecular weight excluding hydrogens is 410 g/mol. The Morgan fingerprint density at radius 2 is 1.97 bits per heavy atom. The molecule has 0 radical (unpaired) electrons. The Hall–Kier alpha value is -3.44. The van der Waals surface area contributed by atoms with Gasteiger partial charge in [0, 0.05) is 23.8 Å². The predicted molar refractivity (Wildman–Crippen MR) is 119 cm³/mol. The van der Waals surface area contributed by atoms with Crippen LogP contribution in [0.25, 0.3) is 11.3 Å². The van der Waals surface area contributed by atoms with E-state index in [2.05, 4.69) is 28.2 Å². The maximum absolute atomic E-state index is 12.7. The van der Waals surface area contributed by atoms with E-state index in [0.717, 1.165) is 29.7 Å². The van der Waals surface area contributed by atoms with Crippen LogP contribution in [0.5, 0.6) is 5.88 Å². The Kier molecular flexibility index (Phi) is 6.14. The van der Waals surface area contributed by atoms with Gasteiger partial charge < -0.3 is 4.74 Å². The molecule has 0 aliphatic carbocycles. The fourth-order valence-corrected chi connectivity index (χ4v) is 4.22. The molecule has 0 fully saturated rings. The number of nitrogens with zero attached hydrogens (tertiary/aromatic N) is 5. The molecule has 0 N–H and O–H groups in total. The molecule has 0 unspecified atom stereocenters. The van der Waals surface area contributed by atoms with E-state index in [9.17, 15) is 4.79 Å². The Morgan fingerprint density at radius 1 is 1.19 bits per heavy atom. The minimum absolute atomic E-state index is 0.180. The smallest absolute Gasteiger partial charge is 0.247 e. The Labute approximate surface area is 185 Å². The van der Waals surface area contributed by atoms with Gasteiger partial charge in [0.15, 0.2) is 5.69 Å². The molecule has 8 heteroatoms. The molecule has 7 nitrogen and oxygen atoms in total. The predicted octanol–water partition coefficient (Wildman–Crippen LogP) is 4.75. The minimum Gasteiger partial charge on any atom is -0.447 e. The average molecular weight is 432 g/mol. The molecule has 31 heavy (non-hydrogen) atoms. The van der Waals surface area contributed by atoms with Crippen LogP contribution in [0.2, 0.25) is 0 Å². The van der Waals surface area contributed by atoms with E-state index >= 15 is 0 Å². The number of fused-ring (bicyclic) bond motifs is 3. The maximum atomic E-state index is 12.7. The molecule has 0 saturated carbocycles. The summed E-state index contributed by atoms with van der Waals surface area (Å²) in [6.45, 7) is 3.63. The Bertz CT molecular complexity index is 1140. The van der Waals surface area contributed by atoms with E-state index in [4.69, 9.17) is 10.00 Å². The van der Waals surface area contributed by atoms with Gasteiger partial charge in [-0.15, -0.1) is 10.2 Å². The lowest BCUT2D eigenvalue weighted by Gasteiger charge is -2.29. The normalized spacial score (nSPS) is 14.6. The molecule has 156 valence electrons. The number of nitriles is 1. The Balaban J connectivity index is 1.84. The molecule has 2 aromatic carbocycles. The van der Waals surface area contributed by atoms with E-state index in [-0.39, 0.29) is 5.91 Å². The third kappa shape index (κ3) is 4.23. The van der Waals surface area contributed by atoms with Gasteiger partial charge in [-0.3, -0.25) is 9.69 Å². The average Bonchev–Trinajstić information content (AvgIpc) is 2.93. The summed E-state index contributed by atoms with van der Waals surface area (Å²) in [6, 6.07) is 16.6. The zero-order valence-electron chi connectivity index (χ0n) is 17.3. The van der Waals surface area contributed by atoms with Crippen molar-refractivity contribution in [1.82, 2.24) is 15.2 Å². The fraction of sp³-hybridized carbons (Fsp3) is 0.261. The van der Waals surface area contributed by atoms with Gasteiger partial charge in [-0.2, -0.15) is 10.2 Å². The van der Waals surface area contributed by atoms with E-state index in [1.165, 1.54) is 18.7 Å². The number of anilines is 1. The van der Waals surface area contributed by atoms with Gasteiger partial charge in [0.25, 0.3) is 0 Å². The highest BCUT2D eigenvalue weighted by atomic mass is 32.2. The van der Waals surface area contributed by atoms with Gasteiger partial charge in [0.05, 0.1) is 17.3 Å². The fourth-order valence-electron chi connectivity index (χ4n) is 3.36. The summed E-state index contributed by atoms with van der Waals surface area (Å²) in [5, 5.41) is 18.4. The van der Waals surface area contributed by atoms with Crippen molar-refractivity contribution in [3.63, 3.8) is 0 Å². The monoisotopic (exact) mass is 431 g/mol. The topological polar surface area (TPSA) is 92.0 Å². The standard InChI is InChI=1S/C23H21N5O2S/c1-3-4-13-31-23-25-21-20(26-27-23)18-7-5-6-8-19(18)28(15(2)29)22(30-21)17-11-9-16(14-24)10-12-17/h5-12,22H,3-4,13H2,1-2H3/t22-/m1/s1. The van der Waals surface area contributed by atoms with Crippen LogP contribution in [0.15, 0.2) is 53.7 Å². The van der Waals surface area contributed by atoms with Gasteiger partial charge in [0.2, 0.25) is 23.2 Å². The number of amides is 1. The van der Waals surface area contributed by atoms with Crippen molar-refractivity contribution in [1.29, 1.82) is 5.26 Å². The van der Waals surface area contributed by atoms with E-state index in [0.29, 0.717) is 28.0 Å². The summed E-state index contributed by atoms with van der Waals surface area (Å²) in [5.41, 5.74) is 3.17. The summed E-state index contributed by atoms with van der Waals surface area (Å²) in [4.78, 5) is 19.0. The van der Waals surface area contributed by atoms with Crippen molar-refractivity contribution in [3.8, 4) is 23.2 Å². The largest absolute Gasteiger partial charge is 0.447 e. The molecule has 0 bridgehead atoms. The number of unbranched alkanes of at least 4 members (excludes halogenated alkanes) is 1. The van der Waals surface area contributed by atoms with Crippen LogP contribution in [-0.4, -0.2) is 26.8 Å². The van der Waals surface area contributed by atoms with Crippen molar-refractivity contribution in [2.24, 2.45) is 0 Å². The summed E-state index contributed by atoms with van der Waals surface area (Å²) in [7, 11) is 0. The summed E-state index contributed by atoms with van der Waals surface area (Å²) < 4.78 is 6.32. The molecule has 1 atom stereocenters. The summed E-state index contributed by atoms with van der Waals surface area (Å²) in [5.74, 6) is 1.05. The number of hydrogen-bond acceptors (Lipinski definition) is 7. The van der Waals surface area contributed by atoms with Crippen LogP contribution in [0.3, 0.4) is 0 Å². The van der Waals surface area contributed by atoms with Crippen molar-refractivity contribution in [2.75, 3.05) is 10.7 Å². The lowest BCUT2D eigenvalue weighted by Crippen LogP contribution is -2.36. The molecule has 1 aromatic heterocycles. The molecule has 0 spiro atoms. The van der Waals surface area contributed by atoms with Gasteiger partial charge in [0.1, 0.15) is 0 Å². The van der Waals surface area contributed by atoms with Gasteiger partial charge in [-0.25, -0.2) is 0 Å². The number of aromatic nitrogens is 3. The first kappa shape index (κ1) is 20.8. The highest BCUT2D eigenvalue weighted by Gasteiger charge is 2.34. The second-order valence-electron chi connectivity index (χ2n) is 7.06. The molecule has 1 amide bonds. The molecule has 0 saturated heterocycles. The Morgan fingerprint density at radius 3 is 2.68 bits per heavy atom. The summed E-state index contributed by atoms with van der Waals surface area (Å²) >= 11 is 1.53. The number of thioether (sulfide) groups is 1. The maximum Gasteiger partial charge on any atom is 0.247 e. The number of rotatable bonds is 5. The first-order valence-corrected chi connectivity index (χ1v) is 11.0. The van der Waals surface area contributed by atoms with Gasteiger partial charge in [-0.1, -0.05) is 55.4 Å². The highest BCUT2D eigenvalue weighted by molar-refractivity contribution is 7.99. The molecule has 2 heterocycles. The van der Waals surface area contributed by atoms with Crippen LogP contribution in [0, 0.1) is 11.3 Å². The highest BCUT2D eigenvalue weighted by Crippen LogP contribution is 2.43. The van der Waals surface area contributed by atoms with Crippen molar-refractivity contribution >= 4 is 23.4 Å². The number of para-hydroxylation sites is 1. The van der Waals surface area contributed by atoms with Crippen LogP contribution < -0.4 is 9.64 Å². The van der Waals surface area contributed by atoms with E-state index in [1.54, 1.807) is 29.2 Å². The molecule has 4 rings (SSSR count). The number of ether oxygens (including phenoxy) is 1. The van der Waals surface area contributed by atoms with Crippen LogP contribution in [-0.2, 0) is 4.79 Å². The van der Waals surface area contributed by atoms with Crippen LogP contribution in [0.4, 0.5) is 5.69 Å². The lowest BCUT2D eigenvalue weighted by atomic mass is 10.1. The van der Waals surface area contributed by atoms with Crippen molar-refractivity contribution in [2.45, 2.75) is 38.1 Å². The second-order valence-corrected chi connectivity index (χ2v) is 8.12. The number of hydrogen-bond donors (Lipinski definition) is 0. The number of carbonyl (C=O) groups is 1. The van der Waals surface area contributed by atoms with Crippen LogP contribution in [0.1, 0.15) is 44.0 Å². The van der Waals surface area contributed by atoms with Crippen molar-refractivity contribution < 1.29 is 9.53 Å². The third-order valence-corrected chi connectivity index (χ3v) is 5.83. The molecule has 1 aliphatic rings. The third-order valence-electron chi connectivity index (χ3n) is 4.91. The zero-order chi connectivity index (χ0) is 21.8. The lowest BCUT2D eigenvalue weighted by molar-refractivity contribution is -0.118. The quantitative estimate of drug-likeness (QED) is 0.425. The zero-order valence-corrected chi connectivity index (χ0v) is 18.1. The molecular formula is C23H21N5O2S. The SMILES string of the molecule is CCCCSc1nnc2c(n1)O[C@H](c1ccc(C#N)cc1)N(C(C)=O)c1ccccc1-2. The molecule has 3 aromatic rings. The number of carbonyl (C=O) groups excluding carboxylic acids is 1. The van der Waals surface area contributed by atoms with E-state index < -0.39 is 6.23 Å². The van der Waals surface area contributed by atoms with Crippen LogP contribution >= 0.6 is 11.8 Å². The van der Waals surface area contributed by atoms with E-state index in [1.807, 2.05) is 24.3 Å². The first-order valence-electron chi connectivity index (χ1n) is 10.1. The van der Waals surface area contributed by atoms with Crippen molar-refractivity contribution in [3.05, 3.63) is 59.7 Å². The minimum atomic E-state index is -0.752. The first-order chi connectivity index (χ1) is 15.1. The second kappa shape index (κ2) is 9.14. The number of benzene rings is 2.